The Hall–Kier alpha value is -0.120. The molecule has 4 heteroatoms. The minimum atomic E-state index is -0.328. The minimum Gasteiger partial charge on any atom is -0.312 e. The average molecular weight is 267 g/mol. The SMILES string of the molecule is Fc1c(Cl)cccc1CNCCBr. The molecule has 0 aliphatic carbocycles. The normalized spacial score (nSPS) is 10.4. The second-order valence-electron chi connectivity index (χ2n) is 2.58. The van der Waals surface area contributed by atoms with Crippen LogP contribution in [0, 0.1) is 5.82 Å². The van der Waals surface area contributed by atoms with Crippen molar-refractivity contribution in [2.45, 2.75) is 6.54 Å². The van der Waals surface area contributed by atoms with Gasteiger partial charge in [-0.3, -0.25) is 0 Å². The van der Waals surface area contributed by atoms with Gasteiger partial charge < -0.3 is 5.32 Å². The van der Waals surface area contributed by atoms with Crippen molar-refractivity contribution in [3.63, 3.8) is 0 Å². The number of hydrogen-bond acceptors (Lipinski definition) is 1. The molecule has 0 bridgehead atoms. The molecule has 0 heterocycles. The molecular weight excluding hydrogens is 256 g/mol. The third kappa shape index (κ3) is 3.25. The van der Waals surface area contributed by atoms with Gasteiger partial charge >= 0.3 is 0 Å². The summed E-state index contributed by atoms with van der Waals surface area (Å²) in [5.74, 6) is -0.328. The molecule has 0 saturated carbocycles. The monoisotopic (exact) mass is 265 g/mol. The second kappa shape index (κ2) is 5.58. The number of nitrogens with one attached hydrogen (secondary N) is 1. The maximum absolute atomic E-state index is 13.2. The highest BCUT2D eigenvalue weighted by molar-refractivity contribution is 9.09. The summed E-state index contributed by atoms with van der Waals surface area (Å²) < 4.78 is 13.2. The minimum absolute atomic E-state index is 0.179. The lowest BCUT2D eigenvalue weighted by Gasteiger charge is -2.04. The Morgan fingerprint density at radius 1 is 1.46 bits per heavy atom. The molecule has 0 radical (unpaired) electrons. The second-order valence-corrected chi connectivity index (χ2v) is 3.78. The Bertz CT molecular complexity index is 280. The van der Waals surface area contributed by atoms with E-state index in [1.54, 1.807) is 18.2 Å². The van der Waals surface area contributed by atoms with Crippen LogP contribution in [-0.2, 0) is 6.54 Å². The maximum atomic E-state index is 13.2. The maximum Gasteiger partial charge on any atom is 0.146 e. The van der Waals surface area contributed by atoms with Gasteiger partial charge in [-0.1, -0.05) is 39.7 Å². The Labute approximate surface area is 90.4 Å². The van der Waals surface area contributed by atoms with E-state index in [0.29, 0.717) is 12.1 Å². The molecular formula is C9H10BrClFN. The van der Waals surface area contributed by atoms with Crippen molar-refractivity contribution in [3.05, 3.63) is 34.6 Å². The van der Waals surface area contributed by atoms with Crippen LogP contribution in [0.1, 0.15) is 5.56 Å². The van der Waals surface area contributed by atoms with Gasteiger partial charge in [0.1, 0.15) is 5.82 Å². The molecule has 0 spiro atoms. The summed E-state index contributed by atoms with van der Waals surface area (Å²) in [4.78, 5) is 0. The van der Waals surface area contributed by atoms with E-state index in [9.17, 15) is 4.39 Å². The first kappa shape index (κ1) is 11.0. The predicted octanol–water partition coefficient (Wildman–Crippen LogP) is 2.96. The molecule has 0 saturated heterocycles. The van der Waals surface area contributed by atoms with Crippen LogP contribution < -0.4 is 5.32 Å². The van der Waals surface area contributed by atoms with Gasteiger partial charge in [0.2, 0.25) is 0 Å². The van der Waals surface area contributed by atoms with Gasteiger partial charge in [-0.2, -0.15) is 0 Å². The molecule has 1 rings (SSSR count). The molecule has 1 aromatic rings. The van der Waals surface area contributed by atoms with Crippen molar-refractivity contribution in [1.29, 1.82) is 0 Å². The number of hydrogen-bond donors (Lipinski definition) is 1. The highest BCUT2D eigenvalue weighted by atomic mass is 79.9. The Kier molecular flexibility index (Phi) is 4.70. The fourth-order valence-electron chi connectivity index (χ4n) is 0.975. The summed E-state index contributed by atoms with van der Waals surface area (Å²) in [6, 6.07) is 5.02. The molecule has 13 heavy (non-hydrogen) atoms. The van der Waals surface area contributed by atoms with Gasteiger partial charge in [-0.25, -0.2) is 4.39 Å². The van der Waals surface area contributed by atoms with Crippen LogP contribution in [0.25, 0.3) is 0 Å². The van der Waals surface area contributed by atoms with Crippen molar-refractivity contribution in [3.8, 4) is 0 Å². The van der Waals surface area contributed by atoms with E-state index in [4.69, 9.17) is 11.6 Å². The average Bonchev–Trinajstić information content (AvgIpc) is 2.13. The van der Waals surface area contributed by atoms with E-state index >= 15 is 0 Å². The predicted molar refractivity (Wildman–Crippen MR) is 56.9 cm³/mol. The van der Waals surface area contributed by atoms with Gasteiger partial charge in [-0.05, 0) is 6.07 Å². The van der Waals surface area contributed by atoms with Gasteiger partial charge in [0.25, 0.3) is 0 Å². The van der Waals surface area contributed by atoms with Crippen molar-refractivity contribution < 1.29 is 4.39 Å². The third-order valence-electron chi connectivity index (χ3n) is 1.62. The van der Waals surface area contributed by atoms with Gasteiger partial charge in [0, 0.05) is 24.0 Å². The lowest BCUT2D eigenvalue weighted by Crippen LogP contribution is -2.16. The highest BCUT2D eigenvalue weighted by Crippen LogP contribution is 2.17. The summed E-state index contributed by atoms with van der Waals surface area (Å²) in [6.45, 7) is 1.32. The van der Waals surface area contributed by atoms with Crippen molar-refractivity contribution in [2.24, 2.45) is 0 Å². The van der Waals surface area contributed by atoms with Crippen molar-refractivity contribution >= 4 is 27.5 Å². The van der Waals surface area contributed by atoms with E-state index in [-0.39, 0.29) is 10.8 Å². The Morgan fingerprint density at radius 2 is 2.23 bits per heavy atom. The fourth-order valence-corrected chi connectivity index (χ4v) is 1.45. The van der Waals surface area contributed by atoms with E-state index in [1.165, 1.54) is 0 Å². The van der Waals surface area contributed by atoms with Crippen LogP contribution in [0.4, 0.5) is 4.39 Å². The molecule has 0 aliphatic rings. The zero-order valence-electron chi connectivity index (χ0n) is 6.99. The van der Waals surface area contributed by atoms with Gasteiger partial charge in [-0.15, -0.1) is 0 Å². The smallest absolute Gasteiger partial charge is 0.146 e. The lowest BCUT2D eigenvalue weighted by molar-refractivity contribution is 0.594. The molecule has 1 aromatic carbocycles. The summed E-state index contributed by atoms with van der Waals surface area (Å²) in [5.41, 5.74) is 0.605. The van der Waals surface area contributed by atoms with Crippen LogP contribution in [0.2, 0.25) is 5.02 Å². The first-order valence-electron chi connectivity index (χ1n) is 3.95. The quantitative estimate of drug-likeness (QED) is 0.653. The van der Waals surface area contributed by atoms with E-state index < -0.39 is 0 Å². The summed E-state index contributed by atoms with van der Waals surface area (Å²) in [7, 11) is 0. The Morgan fingerprint density at radius 3 is 2.92 bits per heavy atom. The van der Waals surface area contributed by atoms with Crippen LogP contribution >= 0.6 is 27.5 Å². The molecule has 0 unspecified atom stereocenters. The zero-order valence-corrected chi connectivity index (χ0v) is 9.33. The van der Waals surface area contributed by atoms with Crippen LogP contribution in [0.3, 0.4) is 0 Å². The van der Waals surface area contributed by atoms with E-state index in [2.05, 4.69) is 21.2 Å². The number of rotatable bonds is 4. The number of benzene rings is 1. The lowest BCUT2D eigenvalue weighted by atomic mass is 10.2. The van der Waals surface area contributed by atoms with Gasteiger partial charge in [0.05, 0.1) is 5.02 Å². The summed E-state index contributed by atoms with van der Waals surface area (Å²) in [5, 5.41) is 4.11. The number of alkyl halides is 1. The summed E-state index contributed by atoms with van der Waals surface area (Å²) >= 11 is 8.89. The molecule has 0 aliphatic heterocycles. The number of halogens is 3. The van der Waals surface area contributed by atoms with E-state index in [1.807, 2.05) is 0 Å². The fraction of sp³-hybridized carbons (Fsp3) is 0.333. The van der Waals surface area contributed by atoms with Gasteiger partial charge in [0.15, 0.2) is 0 Å². The van der Waals surface area contributed by atoms with Crippen molar-refractivity contribution in [1.82, 2.24) is 5.32 Å². The van der Waals surface area contributed by atoms with Crippen LogP contribution in [0.15, 0.2) is 18.2 Å². The largest absolute Gasteiger partial charge is 0.312 e. The Balaban J connectivity index is 2.61. The summed E-state index contributed by atoms with van der Waals surface area (Å²) in [6.07, 6.45) is 0. The molecule has 72 valence electrons. The highest BCUT2D eigenvalue weighted by Gasteiger charge is 2.04. The third-order valence-corrected chi connectivity index (χ3v) is 2.31. The standard InChI is InChI=1S/C9H10BrClFN/c10-4-5-13-6-7-2-1-3-8(11)9(7)12/h1-3,13H,4-6H2. The molecule has 0 fully saturated rings. The molecule has 1 N–H and O–H groups in total. The topological polar surface area (TPSA) is 12.0 Å². The first-order valence-corrected chi connectivity index (χ1v) is 5.45. The molecule has 0 atom stereocenters. The first-order chi connectivity index (χ1) is 6.25. The van der Waals surface area contributed by atoms with Crippen LogP contribution in [0.5, 0.6) is 0 Å². The molecule has 0 aromatic heterocycles. The van der Waals surface area contributed by atoms with Crippen LogP contribution in [-0.4, -0.2) is 11.9 Å². The van der Waals surface area contributed by atoms with Crippen molar-refractivity contribution in [2.75, 3.05) is 11.9 Å². The zero-order chi connectivity index (χ0) is 9.68. The molecule has 1 nitrogen and oxygen atoms in total. The van der Waals surface area contributed by atoms with E-state index in [0.717, 1.165) is 11.9 Å². The molecule has 0 amide bonds.